The molecule has 6 heteroatoms. The van der Waals surface area contributed by atoms with Gasteiger partial charge in [-0.1, -0.05) is 0 Å². The van der Waals surface area contributed by atoms with E-state index in [1.54, 1.807) is 17.7 Å². The second kappa shape index (κ2) is 7.71. The molecule has 144 valence electrons. The number of aromatic amines is 1. The maximum atomic E-state index is 12.6. The molecule has 27 heavy (non-hydrogen) atoms. The van der Waals surface area contributed by atoms with Gasteiger partial charge < -0.3 is 9.47 Å². The van der Waals surface area contributed by atoms with E-state index in [1.165, 1.54) is 24.1 Å². The van der Waals surface area contributed by atoms with Crippen LogP contribution in [0.4, 0.5) is 0 Å². The summed E-state index contributed by atoms with van der Waals surface area (Å²) in [6.07, 6.45) is 9.60. The summed E-state index contributed by atoms with van der Waals surface area (Å²) in [4.78, 5) is 26.5. The molecule has 2 aliphatic rings. The van der Waals surface area contributed by atoms with Crippen LogP contribution in [0.1, 0.15) is 60.5 Å². The van der Waals surface area contributed by atoms with E-state index in [-0.39, 0.29) is 11.5 Å². The van der Waals surface area contributed by atoms with Crippen LogP contribution in [0.25, 0.3) is 0 Å². The highest BCUT2D eigenvalue weighted by molar-refractivity contribution is 5.76. The molecule has 1 N–H and O–H groups in total. The predicted octanol–water partition coefficient (Wildman–Crippen LogP) is 2.33. The van der Waals surface area contributed by atoms with E-state index < -0.39 is 0 Å². The Morgan fingerprint density at radius 1 is 1.26 bits per heavy atom. The van der Waals surface area contributed by atoms with Gasteiger partial charge in [-0.2, -0.15) is 5.10 Å². The van der Waals surface area contributed by atoms with Gasteiger partial charge in [0.1, 0.15) is 0 Å². The molecule has 6 nitrogen and oxygen atoms in total. The Hall–Kier alpha value is -2.37. The van der Waals surface area contributed by atoms with E-state index in [0.717, 1.165) is 56.5 Å². The molecular weight excluding hydrogens is 340 g/mol. The number of amides is 1. The molecule has 1 saturated heterocycles. The topological polar surface area (TPSA) is 71.0 Å². The lowest BCUT2D eigenvalue weighted by molar-refractivity contribution is -0.132. The predicted molar refractivity (Wildman–Crippen MR) is 104 cm³/mol. The third kappa shape index (κ3) is 3.84. The number of aromatic nitrogens is 3. The van der Waals surface area contributed by atoms with Crippen LogP contribution in [0.2, 0.25) is 0 Å². The molecule has 0 saturated carbocycles. The minimum absolute atomic E-state index is 0.0355. The molecule has 0 spiro atoms. The lowest BCUT2D eigenvalue weighted by atomic mass is 9.90. The largest absolute Gasteiger partial charge is 0.343 e. The number of fused-ring (bicyclic) bond motifs is 1. The lowest BCUT2D eigenvalue weighted by Crippen LogP contribution is -2.38. The number of aryl methyl sites for hydroxylation is 3. The van der Waals surface area contributed by atoms with Gasteiger partial charge in [0.25, 0.3) is 5.56 Å². The highest BCUT2D eigenvalue weighted by Crippen LogP contribution is 2.28. The van der Waals surface area contributed by atoms with Crippen molar-refractivity contribution in [1.29, 1.82) is 0 Å². The summed E-state index contributed by atoms with van der Waals surface area (Å²) in [7, 11) is 1.77. The van der Waals surface area contributed by atoms with Crippen LogP contribution < -0.4 is 5.56 Å². The van der Waals surface area contributed by atoms with Gasteiger partial charge in [0.05, 0.1) is 5.69 Å². The van der Waals surface area contributed by atoms with Gasteiger partial charge in [-0.25, -0.2) is 0 Å². The van der Waals surface area contributed by atoms with Crippen molar-refractivity contribution >= 4 is 5.91 Å². The summed E-state index contributed by atoms with van der Waals surface area (Å²) in [6.45, 7) is 1.55. The van der Waals surface area contributed by atoms with E-state index in [1.807, 2.05) is 17.2 Å². The second-order valence-electron chi connectivity index (χ2n) is 7.90. The Kier molecular flexibility index (Phi) is 5.14. The maximum Gasteiger partial charge on any atom is 0.250 e. The van der Waals surface area contributed by atoms with Crippen molar-refractivity contribution in [2.75, 3.05) is 13.1 Å². The van der Waals surface area contributed by atoms with Crippen molar-refractivity contribution in [3.05, 3.63) is 51.2 Å². The average molecular weight is 368 g/mol. The molecule has 1 aliphatic carbocycles. The van der Waals surface area contributed by atoms with Crippen LogP contribution in [0.15, 0.2) is 23.1 Å². The Balaban J connectivity index is 1.30. The normalized spacial score (nSPS) is 17.7. The first kappa shape index (κ1) is 18.0. The SMILES string of the molecule is Cn1ccc(C2CCN(C(=O)CCc3n[nH]c4c3CCCC4)CC2)cc1=O. The van der Waals surface area contributed by atoms with E-state index >= 15 is 0 Å². The number of pyridine rings is 1. The van der Waals surface area contributed by atoms with Crippen molar-refractivity contribution in [1.82, 2.24) is 19.7 Å². The lowest BCUT2D eigenvalue weighted by Gasteiger charge is -2.32. The van der Waals surface area contributed by atoms with Gasteiger partial charge in [0.2, 0.25) is 5.91 Å². The Bertz CT molecular complexity index is 875. The van der Waals surface area contributed by atoms with Crippen molar-refractivity contribution in [3.8, 4) is 0 Å². The fourth-order valence-corrected chi connectivity index (χ4v) is 4.42. The standard InChI is InChI=1S/C21H28N4O2/c1-24-11-8-16(14-21(24)27)15-9-12-25(13-10-15)20(26)7-6-19-17-4-2-3-5-18(17)22-23-19/h8,11,14-15H,2-7,9-10,12-13H2,1H3,(H,22,23). The Morgan fingerprint density at radius 3 is 2.81 bits per heavy atom. The van der Waals surface area contributed by atoms with Crippen molar-refractivity contribution in [3.63, 3.8) is 0 Å². The van der Waals surface area contributed by atoms with Crippen molar-refractivity contribution in [2.24, 2.45) is 7.05 Å². The molecule has 2 aromatic rings. The van der Waals surface area contributed by atoms with Gasteiger partial charge in [-0.05, 0) is 61.6 Å². The summed E-state index contributed by atoms with van der Waals surface area (Å²) in [6, 6.07) is 3.77. The minimum atomic E-state index is 0.0355. The molecule has 4 rings (SSSR count). The summed E-state index contributed by atoms with van der Waals surface area (Å²) in [5, 5.41) is 7.61. The van der Waals surface area contributed by atoms with Crippen molar-refractivity contribution in [2.45, 2.75) is 57.3 Å². The molecule has 0 radical (unpaired) electrons. The number of carbonyl (C=O) groups is 1. The highest BCUT2D eigenvalue weighted by atomic mass is 16.2. The number of nitrogens with zero attached hydrogens (tertiary/aromatic N) is 3. The molecule has 1 amide bonds. The van der Waals surface area contributed by atoms with Gasteiger partial charge in [-0.3, -0.25) is 14.7 Å². The van der Waals surface area contributed by atoms with Crippen LogP contribution in [-0.2, 0) is 31.1 Å². The fraction of sp³-hybridized carbons (Fsp3) is 0.571. The van der Waals surface area contributed by atoms with Crippen LogP contribution >= 0.6 is 0 Å². The third-order valence-electron chi connectivity index (χ3n) is 6.17. The number of likely N-dealkylation sites (tertiary alicyclic amines) is 1. The quantitative estimate of drug-likeness (QED) is 0.900. The molecule has 0 unspecified atom stereocenters. The monoisotopic (exact) mass is 368 g/mol. The molecule has 2 aromatic heterocycles. The molecular formula is C21H28N4O2. The smallest absolute Gasteiger partial charge is 0.250 e. The number of piperidine rings is 1. The number of hydrogen-bond acceptors (Lipinski definition) is 3. The molecule has 0 bridgehead atoms. The van der Waals surface area contributed by atoms with Gasteiger partial charge in [0.15, 0.2) is 0 Å². The van der Waals surface area contributed by atoms with Gasteiger partial charge >= 0.3 is 0 Å². The van der Waals surface area contributed by atoms with E-state index in [4.69, 9.17) is 0 Å². The van der Waals surface area contributed by atoms with Crippen LogP contribution in [0, 0.1) is 0 Å². The number of nitrogens with one attached hydrogen (secondary N) is 1. The number of H-pyrrole nitrogens is 1. The molecule has 3 heterocycles. The van der Waals surface area contributed by atoms with Crippen molar-refractivity contribution < 1.29 is 4.79 Å². The fourth-order valence-electron chi connectivity index (χ4n) is 4.42. The average Bonchev–Trinajstić information content (AvgIpc) is 3.11. The van der Waals surface area contributed by atoms with Gasteiger partial charge in [-0.15, -0.1) is 0 Å². The summed E-state index contributed by atoms with van der Waals surface area (Å²) in [5.41, 5.74) is 4.87. The van der Waals surface area contributed by atoms with E-state index in [0.29, 0.717) is 12.3 Å². The first-order valence-corrected chi connectivity index (χ1v) is 10.1. The Labute approximate surface area is 159 Å². The van der Waals surface area contributed by atoms with E-state index in [2.05, 4.69) is 10.2 Å². The van der Waals surface area contributed by atoms with Gasteiger partial charge in [0, 0.05) is 50.9 Å². The zero-order valence-corrected chi connectivity index (χ0v) is 16.0. The minimum Gasteiger partial charge on any atom is -0.343 e. The van der Waals surface area contributed by atoms with Crippen LogP contribution in [-0.4, -0.2) is 38.7 Å². The zero-order valence-electron chi connectivity index (χ0n) is 16.0. The summed E-state index contributed by atoms with van der Waals surface area (Å²) < 4.78 is 1.59. The molecule has 0 aromatic carbocycles. The number of rotatable bonds is 4. The molecule has 1 aliphatic heterocycles. The molecule has 1 fully saturated rings. The van der Waals surface area contributed by atoms with E-state index in [9.17, 15) is 9.59 Å². The third-order valence-corrected chi connectivity index (χ3v) is 6.17. The summed E-state index contributed by atoms with van der Waals surface area (Å²) >= 11 is 0. The summed E-state index contributed by atoms with van der Waals surface area (Å²) in [5.74, 6) is 0.603. The maximum absolute atomic E-state index is 12.6. The second-order valence-corrected chi connectivity index (χ2v) is 7.90. The molecule has 0 atom stereocenters. The Morgan fingerprint density at radius 2 is 2.04 bits per heavy atom. The van der Waals surface area contributed by atoms with Crippen LogP contribution in [0.3, 0.4) is 0 Å². The number of carbonyl (C=O) groups excluding carboxylic acids is 1. The highest BCUT2D eigenvalue weighted by Gasteiger charge is 2.25. The zero-order chi connectivity index (χ0) is 18.8. The number of hydrogen-bond donors (Lipinski definition) is 1. The first-order chi connectivity index (χ1) is 13.1. The van der Waals surface area contributed by atoms with Crippen LogP contribution in [0.5, 0.6) is 0 Å². The first-order valence-electron chi connectivity index (χ1n) is 10.1.